The third-order valence-corrected chi connectivity index (χ3v) is 3.14. The van der Waals surface area contributed by atoms with Crippen LogP contribution in [0.15, 0.2) is 36.7 Å². The number of aryl methyl sites for hydroxylation is 1. The molecule has 0 unspecified atom stereocenters. The molecule has 0 aliphatic carbocycles. The van der Waals surface area contributed by atoms with Gasteiger partial charge in [0.25, 0.3) is 0 Å². The van der Waals surface area contributed by atoms with Crippen LogP contribution in [0.25, 0.3) is 0 Å². The lowest BCUT2D eigenvalue weighted by Gasteiger charge is -2.16. The van der Waals surface area contributed by atoms with Crippen molar-refractivity contribution in [2.45, 2.75) is 40.0 Å². The van der Waals surface area contributed by atoms with Gasteiger partial charge in [-0.3, -0.25) is 4.98 Å². The Bertz CT molecular complexity index is 599. The van der Waals surface area contributed by atoms with E-state index in [-0.39, 0.29) is 5.82 Å². The van der Waals surface area contributed by atoms with Gasteiger partial charge in [-0.2, -0.15) is 0 Å². The van der Waals surface area contributed by atoms with Crippen LogP contribution in [-0.4, -0.2) is 11.0 Å². The minimum atomic E-state index is -0.345. The maximum absolute atomic E-state index is 13.1. The molecule has 1 aromatic carbocycles. The standard InChI is InChI=1S/C17H21FN2O/c1-12(2)20-9-15-6-4-5-13(3)17(15)21-11-14-7-16(18)10-19-8-14/h4-8,10,12,20H,9,11H2,1-3H3. The van der Waals surface area contributed by atoms with E-state index in [0.717, 1.165) is 29.0 Å². The Hall–Kier alpha value is -1.94. The highest BCUT2D eigenvalue weighted by molar-refractivity contribution is 5.40. The lowest BCUT2D eigenvalue weighted by molar-refractivity contribution is 0.298. The molecule has 112 valence electrons. The van der Waals surface area contributed by atoms with Crippen molar-refractivity contribution in [1.82, 2.24) is 10.3 Å². The Morgan fingerprint density at radius 1 is 1.29 bits per heavy atom. The van der Waals surface area contributed by atoms with Crippen LogP contribution in [0.4, 0.5) is 4.39 Å². The molecule has 1 aromatic heterocycles. The Labute approximate surface area is 125 Å². The second-order valence-electron chi connectivity index (χ2n) is 5.40. The summed E-state index contributed by atoms with van der Waals surface area (Å²) in [5.41, 5.74) is 2.90. The first-order valence-electron chi connectivity index (χ1n) is 7.10. The molecule has 0 fully saturated rings. The molecular weight excluding hydrogens is 267 g/mol. The fraction of sp³-hybridized carbons (Fsp3) is 0.353. The molecule has 0 atom stereocenters. The van der Waals surface area contributed by atoms with E-state index in [1.165, 1.54) is 12.3 Å². The van der Waals surface area contributed by atoms with Crippen molar-refractivity contribution in [3.63, 3.8) is 0 Å². The topological polar surface area (TPSA) is 34.1 Å². The van der Waals surface area contributed by atoms with Gasteiger partial charge in [-0.05, 0) is 18.6 Å². The predicted molar refractivity (Wildman–Crippen MR) is 81.7 cm³/mol. The zero-order valence-electron chi connectivity index (χ0n) is 12.7. The van der Waals surface area contributed by atoms with Crippen molar-refractivity contribution in [3.05, 3.63) is 59.2 Å². The van der Waals surface area contributed by atoms with E-state index in [0.29, 0.717) is 12.6 Å². The van der Waals surface area contributed by atoms with Gasteiger partial charge in [0.15, 0.2) is 0 Å². The number of rotatable bonds is 6. The van der Waals surface area contributed by atoms with Gasteiger partial charge in [-0.25, -0.2) is 4.39 Å². The van der Waals surface area contributed by atoms with Crippen LogP contribution >= 0.6 is 0 Å². The average Bonchev–Trinajstić information content (AvgIpc) is 2.44. The fourth-order valence-corrected chi connectivity index (χ4v) is 2.06. The zero-order chi connectivity index (χ0) is 15.2. The lowest BCUT2D eigenvalue weighted by atomic mass is 10.1. The Morgan fingerprint density at radius 2 is 2.10 bits per heavy atom. The number of nitrogens with one attached hydrogen (secondary N) is 1. The first kappa shape index (κ1) is 15.4. The molecule has 0 amide bonds. The number of ether oxygens (including phenoxy) is 1. The molecule has 21 heavy (non-hydrogen) atoms. The molecule has 0 radical (unpaired) electrons. The van der Waals surface area contributed by atoms with Crippen LogP contribution < -0.4 is 10.1 Å². The van der Waals surface area contributed by atoms with Gasteiger partial charge in [0.2, 0.25) is 0 Å². The zero-order valence-corrected chi connectivity index (χ0v) is 12.7. The summed E-state index contributed by atoms with van der Waals surface area (Å²) >= 11 is 0. The van der Waals surface area contributed by atoms with Crippen LogP contribution in [0.2, 0.25) is 0 Å². The normalized spacial score (nSPS) is 10.9. The summed E-state index contributed by atoms with van der Waals surface area (Å²) in [6, 6.07) is 7.92. The highest BCUT2D eigenvalue weighted by atomic mass is 19.1. The second-order valence-corrected chi connectivity index (χ2v) is 5.40. The third kappa shape index (κ3) is 4.53. The largest absolute Gasteiger partial charge is 0.488 e. The van der Waals surface area contributed by atoms with Crippen molar-refractivity contribution >= 4 is 0 Å². The monoisotopic (exact) mass is 288 g/mol. The van der Waals surface area contributed by atoms with Crippen molar-refractivity contribution in [2.75, 3.05) is 0 Å². The van der Waals surface area contributed by atoms with Crippen molar-refractivity contribution in [3.8, 4) is 5.75 Å². The van der Waals surface area contributed by atoms with Crippen molar-refractivity contribution < 1.29 is 9.13 Å². The number of benzene rings is 1. The molecular formula is C17H21FN2O. The first-order chi connectivity index (χ1) is 10.1. The van der Waals surface area contributed by atoms with Crippen molar-refractivity contribution in [2.24, 2.45) is 0 Å². The Balaban J connectivity index is 2.11. The molecule has 0 bridgehead atoms. The molecule has 0 saturated heterocycles. The molecule has 4 heteroatoms. The van der Waals surface area contributed by atoms with Gasteiger partial charge < -0.3 is 10.1 Å². The van der Waals surface area contributed by atoms with E-state index >= 15 is 0 Å². The number of pyridine rings is 1. The highest BCUT2D eigenvalue weighted by Crippen LogP contribution is 2.24. The molecule has 0 saturated carbocycles. The number of hydrogen-bond acceptors (Lipinski definition) is 3. The van der Waals surface area contributed by atoms with Gasteiger partial charge in [0, 0.05) is 29.9 Å². The summed E-state index contributed by atoms with van der Waals surface area (Å²) in [5.74, 6) is 0.512. The molecule has 2 rings (SSSR count). The summed E-state index contributed by atoms with van der Waals surface area (Å²) in [6.07, 6.45) is 2.81. The van der Waals surface area contributed by atoms with E-state index in [2.05, 4.69) is 24.1 Å². The van der Waals surface area contributed by atoms with Crippen LogP contribution in [0.3, 0.4) is 0 Å². The van der Waals surface area contributed by atoms with E-state index < -0.39 is 0 Å². The lowest BCUT2D eigenvalue weighted by Crippen LogP contribution is -2.22. The van der Waals surface area contributed by atoms with Crippen LogP contribution in [0.5, 0.6) is 5.75 Å². The number of aromatic nitrogens is 1. The molecule has 0 aliphatic heterocycles. The van der Waals surface area contributed by atoms with Gasteiger partial charge in [0.05, 0.1) is 6.20 Å². The molecule has 3 nitrogen and oxygen atoms in total. The number of hydrogen-bond donors (Lipinski definition) is 1. The molecule has 1 N–H and O–H groups in total. The minimum Gasteiger partial charge on any atom is -0.488 e. The van der Waals surface area contributed by atoms with Crippen LogP contribution in [-0.2, 0) is 13.2 Å². The van der Waals surface area contributed by atoms with Gasteiger partial charge in [0.1, 0.15) is 18.2 Å². The first-order valence-corrected chi connectivity index (χ1v) is 7.10. The van der Waals surface area contributed by atoms with E-state index in [1.807, 2.05) is 25.1 Å². The molecule has 1 heterocycles. The quantitative estimate of drug-likeness (QED) is 0.881. The van der Waals surface area contributed by atoms with Gasteiger partial charge in [-0.15, -0.1) is 0 Å². The summed E-state index contributed by atoms with van der Waals surface area (Å²) < 4.78 is 19.0. The summed E-state index contributed by atoms with van der Waals surface area (Å²) in [4.78, 5) is 3.83. The number of para-hydroxylation sites is 1. The van der Waals surface area contributed by atoms with Crippen LogP contribution in [0, 0.1) is 12.7 Å². The van der Waals surface area contributed by atoms with E-state index in [9.17, 15) is 4.39 Å². The van der Waals surface area contributed by atoms with Crippen molar-refractivity contribution in [1.29, 1.82) is 0 Å². The third-order valence-electron chi connectivity index (χ3n) is 3.14. The average molecular weight is 288 g/mol. The summed E-state index contributed by atoms with van der Waals surface area (Å²) in [5, 5.41) is 3.38. The van der Waals surface area contributed by atoms with Gasteiger partial charge >= 0.3 is 0 Å². The Kier molecular flexibility index (Phi) is 5.28. The SMILES string of the molecule is Cc1cccc(CNC(C)C)c1OCc1cncc(F)c1. The highest BCUT2D eigenvalue weighted by Gasteiger charge is 2.08. The number of halogens is 1. The summed E-state index contributed by atoms with van der Waals surface area (Å²) in [7, 11) is 0. The van der Waals surface area contributed by atoms with E-state index in [4.69, 9.17) is 4.74 Å². The second kappa shape index (κ2) is 7.18. The predicted octanol–water partition coefficient (Wildman–Crippen LogP) is 3.61. The molecule has 2 aromatic rings. The summed E-state index contributed by atoms with van der Waals surface area (Å²) in [6.45, 7) is 7.28. The fourth-order valence-electron chi connectivity index (χ4n) is 2.06. The Morgan fingerprint density at radius 3 is 2.81 bits per heavy atom. The maximum atomic E-state index is 13.1. The van der Waals surface area contributed by atoms with E-state index in [1.54, 1.807) is 6.20 Å². The van der Waals surface area contributed by atoms with Gasteiger partial charge in [-0.1, -0.05) is 32.0 Å². The molecule has 0 spiro atoms. The molecule has 0 aliphatic rings. The maximum Gasteiger partial charge on any atom is 0.141 e. The minimum absolute atomic E-state index is 0.310. The van der Waals surface area contributed by atoms with Crippen LogP contribution in [0.1, 0.15) is 30.5 Å². The smallest absolute Gasteiger partial charge is 0.141 e. The number of nitrogens with zero attached hydrogens (tertiary/aromatic N) is 1.